The molecule has 4 aliphatic rings. The molecule has 246 valence electrons. The molecule has 12 heteroatoms. The second-order valence-corrected chi connectivity index (χ2v) is 12.8. The van der Waals surface area contributed by atoms with Gasteiger partial charge in [0.25, 0.3) is 0 Å². The number of carbonyl (C=O) groups excluding carboxylic acids is 4. The van der Waals surface area contributed by atoms with Gasteiger partial charge in [0, 0.05) is 29.7 Å². The van der Waals surface area contributed by atoms with E-state index in [4.69, 9.17) is 9.47 Å². The molecule has 2 aliphatic heterocycles. The Kier molecular flexibility index (Phi) is 7.08. The molecule has 2 heterocycles. The standard InChI is InChI=1S/C36H32N2O10/c1-36-24(32(42)38(35(36)46)17-7-5-4-6-8-17)16-23-20(30(36)29-26(40)14-19(47-2)15-27(29)48-3)11-12-22-28(23)33(43)37(31(22)41)18-9-10-21(34(44)45)25(39)13-18/h4-11,13-15,22-24,28,30,39-40H,12,16H2,1-3H3,(H,44,45). The van der Waals surface area contributed by atoms with Crippen LogP contribution in [0.15, 0.2) is 72.3 Å². The van der Waals surface area contributed by atoms with E-state index in [-0.39, 0.29) is 41.2 Å². The molecule has 3 aromatic rings. The number of nitrogens with zero attached hydrogens (tertiary/aromatic N) is 2. The number of hydrogen-bond acceptors (Lipinski definition) is 9. The fourth-order valence-corrected chi connectivity index (χ4v) is 8.41. The molecular formula is C36H32N2O10. The number of imide groups is 2. The first-order chi connectivity index (χ1) is 22.9. The van der Waals surface area contributed by atoms with E-state index < -0.39 is 70.4 Å². The topological polar surface area (TPSA) is 171 Å². The summed E-state index contributed by atoms with van der Waals surface area (Å²) in [5.41, 5.74) is -0.473. The summed E-state index contributed by atoms with van der Waals surface area (Å²) in [6.45, 7) is 1.71. The average molecular weight is 653 g/mol. The van der Waals surface area contributed by atoms with Gasteiger partial charge in [-0.05, 0) is 49.9 Å². The summed E-state index contributed by atoms with van der Waals surface area (Å²) < 4.78 is 11.1. The second-order valence-electron chi connectivity index (χ2n) is 12.8. The Labute approximate surface area is 274 Å². The predicted octanol–water partition coefficient (Wildman–Crippen LogP) is 4.25. The zero-order valence-electron chi connectivity index (χ0n) is 26.2. The monoisotopic (exact) mass is 652 g/mol. The van der Waals surface area contributed by atoms with Gasteiger partial charge in [-0.25, -0.2) is 14.6 Å². The lowest BCUT2D eigenvalue weighted by Crippen LogP contribution is -2.49. The van der Waals surface area contributed by atoms with Crippen molar-refractivity contribution in [2.75, 3.05) is 24.0 Å². The summed E-state index contributed by atoms with van der Waals surface area (Å²) in [4.78, 5) is 70.7. The highest BCUT2D eigenvalue weighted by Gasteiger charge is 2.68. The van der Waals surface area contributed by atoms with Gasteiger partial charge in [0.2, 0.25) is 23.6 Å². The molecule has 6 unspecified atom stereocenters. The summed E-state index contributed by atoms with van der Waals surface area (Å²) in [6, 6.07) is 15.0. The van der Waals surface area contributed by atoms with Crippen LogP contribution < -0.4 is 19.3 Å². The molecule has 0 aromatic heterocycles. The lowest BCUT2D eigenvalue weighted by atomic mass is 9.51. The van der Waals surface area contributed by atoms with Gasteiger partial charge in [0.15, 0.2) is 0 Å². The second kappa shape index (κ2) is 11.0. The molecule has 0 spiro atoms. The minimum Gasteiger partial charge on any atom is -0.507 e. The molecule has 48 heavy (non-hydrogen) atoms. The molecule has 3 N–H and O–H groups in total. The van der Waals surface area contributed by atoms with Gasteiger partial charge in [-0.3, -0.25) is 19.2 Å². The minimum absolute atomic E-state index is 0.0255. The highest BCUT2D eigenvalue weighted by molar-refractivity contribution is 6.25. The smallest absolute Gasteiger partial charge is 0.339 e. The van der Waals surface area contributed by atoms with Gasteiger partial charge >= 0.3 is 5.97 Å². The lowest BCUT2D eigenvalue weighted by Gasteiger charge is -2.49. The Morgan fingerprint density at radius 2 is 1.56 bits per heavy atom. The van der Waals surface area contributed by atoms with Gasteiger partial charge in [-0.15, -0.1) is 0 Å². The van der Waals surface area contributed by atoms with Crippen molar-refractivity contribution in [1.82, 2.24) is 0 Å². The van der Waals surface area contributed by atoms with Crippen LogP contribution in [0.3, 0.4) is 0 Å². The number of carbonyl (C=O) groups is 5. The number of anilines is 2. The van der Waals surface area contributed by atoms with Crippen molar-refractivity contribution in [3.8, 4) is 23.0 Å². The van der Waals surface area contributed by atoms with E-state index in [2.05, 4.69) is 0 Å². The molecule has 0 bridgehead atoms. The highest BCUT2D eigenvalue weighted by Crippen LogP contribution is 2.65. The summed E-state index contributed by atoms with van der Waals surface area (Å²) >= 11 is 0. The van der Waals surface area contributed by atoms with Crippen LogP contribution in [0, 0.1) is 29.1 Å². The average Bonchev–Trinajstić information content (AvgIpc) is 3.44. The number of phenols is 2. The number of aromatic hydroxyl groups is 2. The number of ether oxygens (including phenoxy) is 2. The van der Waals surface area contributed by atoms with E-state index in [1.165, 1.54) is 31.3 Å². The molecule has 6 atom stereocenters. The van der Waals surface area contributed by atoms with Crippen LogP contribution in [0.1, 0.15) is 41.6 Å². The number of benzene rings is 3. The zero-order chi connectivity index (χ0) is 34.2. The third kappa shape index (κ3) is 4.17. The number of allylic oxidation sites excluding steroid dienone is 2. The number of methoxy groups -OCH3 is 2. The number of phenolic OH excluding ortho intramolecular Hbond substituents is 1. The Morgan fingerprint density at radius 3 is 2.21 bits per heavy atom. The van der Waals surface area contributed by atoms with Crippen LogP contribution in [-0.2, 0) is 19.2 Å². The number of carboxylic acids is 1. The van der Waals surface area contributed by atoms with Crippen molar-refractivity contribution in [2.45, 2.75) is 25.7 Å². The van der Waals surface area contributed by atoms with Gasteiger partial charge in [-0.1, -0.05) is 29.8 Å². The number of para-hydroxylation sites is 1. The molecule has 1 saturated carbocycles. The Balaban J connectivity index is 1.39. The van der Waals surface area contributed by atoms with Crippen LogP contribution >= 0.6 is 0 Å². The van der Waals surface area contributed by atoms with Crippen molar-refractivity contribution < 1.29 is 48.8 Å². The van der Waals surface area contributed by atoms with E-state index >= 15 is 0 Å². The molecule has 3 fully saturated rings. The molecule has 3 aromatic carbocycles. The SMILES string of the molecule is COc1cc(O)c(C2C3=CCC4C(=O)N(c5ccc(C(=O)O)c(O)c5)C(=O)C4C3CC3C(=O)N(c4ccccc4)C(=O)C32C)c(OC)c1. The number of carboxylic acid groups (broad SMARTS) is 1. The first kappa shape index (κ1) is 31.0. The van der Waals surface area contributed by atoms with Crippen molar-refractivity contribution in [3.05, 3.63) is 83.4 Å². The third-order valence-electron chi connectivity index (χ3n) is 10.6. The van der Waals surface area contributed by atoms with E-state index in [0.29, 0.717) is 17.0 Å². The van der Waals surface area contributed by atoms with Crippen molar-refractivity contribution in [3.63, 3.8) is 0 Å². The number of hydrogen-bond donors (Lipinski definition) is 3. The summed E-state index contributed by atoms with van der Waals surface area (Å²) in [5.74, 6) is -7.91. The number of aromatic carboxylic acids is 1. The number of rotatable bonds is 6. The van der Waals surface area contributed by atoms with Crippen molar-refractivity contribution in [1.29, 1.82) is 0 Å². The Hall–Kier alpha value is -5.65. The summed E-state index contributed by atoms with van der Waals surface area (Å²) in [6.07, 6.45) is 2.06. The molecule has 7 rings (SSSR count). The molecule has 2 saturated heterocycles. The first-order valence-corrected chi connectivity index (χ1v) is 15.5. The molecule has 4 amide bonds. The number of fused-ring (bicyclic) bond motifs is 4. The van der Waals surface area contributed by atoms with Gasteiger partial charge in [0.05, 0.1) is 48.8 Å². The molecule has 2 aliphatic carbocycles. The lowest BCUT2D eigenvalue weighted by molar-refractivity contribution is -0.131. The van der Waals surface area contributed by atoms with Crippen LogP contribution in [0.25, 0.3) is 0 Å². The molecule has 12 nitrogen and oxygen atoms in total. The fraction of sp³-hybridized carbons (Fsp3) is 0.306. The van der Waals surface area contributed by atoms with E-state index in [1.807, 2.05) is 6.08 Å². The zero-order valence-corrected chi connectivity index (χ0v) is 26.2. The van der Waals surface area contributed by atoms with Gasteiger partial charge in [0.1, 0.15) is 28.6 Å². The number of amides is 4. The first-order valence-electron chi connectivity index (χ1n) is 15.5. The summed E-state index contributed by atoms with van der Waals surface area (Å²) in [5, 5.41) is 31.2. The van der Waals surface area contributed by atoms with Crippen molar-refractivity contribution >= 4 is 41.0 Å². The molecular weight excluding hydrogens is 620 g/mol. The predicted molar refractivity (Wildman–Crippen MR) is 170 cm³/mol. The van der Waals surface area contributed by atoms with Crippen LogP contribution in [0.4, 0.5) is 11.4 Å². The molecule has 0 radical (unpaired) electrons. The summed E-state index contributed by atoms with van der Waals surface area (Å²) in [7, 11) is 2.86. The maximum atomic E-state index is 14.6. The van der Waals surface area contributed by atoms with Crippen LogP contribution in [0.2, 0.25) is 0 Å². The quantitative estimate of drug-likeness (QED) is 0.258. The van der Waals surface area contributed by atoms with Crippen LogP contribution in [-0.4, -0.2) is 59.1 Å². The van der Waals surface area contributed by atoms with E-state index in [1.54, 1.807) is 43.3 Å². The highest BCUT2D eigenvalue weighted by atomic mass is 16.5. The maximum absolute atomic E-state index is 14.6. The van der Waals surface area contributed by atoms with Gasteiger partial charge < -0.3 is 24.8 Å². The van der Waals surface area contributed by atoms with Gasteiger partial charge in [-0.2, -0.15) is 0 Å². The Bertz CT molecular complexity index is 1960. The van der Waals surface area contributed by atoms with Crippen molar-refractivity contribution in [2.24, 2.45) is 29.1 Å². The Morgan fingerprint density at radius 1 is 0.833 bits per heavy atom. The maximum Gasteiger partial charge on any atom is 0.339 e. The largest absolute Gasteiger partial charge is 0.507 e. The minimum atomic E-state index is -1.41. The fourth-order valence-electron chi connectivity index (χ4n) is 8.41. The van der Waals surface area contributed by atoms with E-state index in [0.717, 1.165) is 17.0 Å². The third-order valence-corrected chi connectivity index (χ3v) is 10.6. The normalized spacial score (nSPS) is 27.7. The van der Waals surface area contributed by atoms with Crippen LogP contribution in [0.5, 0.6) is 23.0 Å². The van der Waals surface area contributed by atoms with E-state index in [9.17, 15) is 39.3 Å².